The predicted octanol–water partition coefficient (Wildman–Crippen LogP) is -37.6. The summed E-state index contributed by atoms with van der Waals surface area (Å²) >= 11 is 0. The molecule has 0 aliphatic heterocycles. The van der Waals surface area contributed by atoms with Gasteiger partial charge in [0.15, 0.2) is 0 Å². The Balaban J connectivity index is 1.55. The van der Waals surface area contributed by atoms with E-state index in [1.165, 1.54) is 230 Å². The van der Waals surface area contributed by atoms with E-state index in [4.69, 9.17) is 0 Å². The van der Waals surface area contributed by atoms with Crippen molar-refractivity contribution >= 4 is 416 Å². The van der Waals surface area contributed by atoms with Gasteiger partial charge in [0, 0.05) is 55.0 Å². The smallest absolute Gasteiger partial charge is 0.141 e. The fourth-order valence-corrected chi connectivity index (χ4v) is 14.2. The second-order valence-electron chi connectivity index (χ2n) is 23.3. The summed E-state index contributed by atoms with van der Waals surface area (Å²) in [5.74, 6) is 0. The van der Waals surface area contributed by atoms with Crippen molar-refractivity contribution in [1.82, 2.24) is 9.13 Å². The Morgan fingerprint density at radius 1 is 0.139 bits per heavy atom. The zero-order chi connectivity index (χ0) is 53.4. The number of nitrogens with zero attached hydrogens (tertiary/aromatic N) is 2. The van der Waals surface area contributed by atoms with Gasteiger partial charge < -0.3 is 9.13 Å². The third-order valence-electron chi connectivity index (χ3n) is 20.8. The summed E-state index contributed by atoms with van der Waals surface area (Å²) in [5.41, 5.74) is 52.5. The van der Waals surface area contributed by atoms with Crippen molar-refractivity contribution in [3.63, 3.8) is 0 Å². The van der Waals surface area contributed by atoms with Crippen LogP contribution in [0.15, 0.2) is 0 Å². The quantitative estimate of drug-likeness (QED) is 0.156. The maximum Gasteiger partial charge on any atom is 0.141 e. The standard InChI is InChI=1S/C42H56B28N2/c43-9-3(10(44)20(54)25(59)19(9)53)5-13(47)29(63)41(30(64)14(5)48)71-37-1(7-17(51)23(57)27(61)33(67)39(7)71)2-8-18(52)24(58)28(62)34(68)40(8)72(38(2)36(70)35(37)69)42-31(65)15(49)6(16(50)32(42)66)4-11(45)21(55)26(60)22(56)12(4)46/h43-70H2. The van der Waals surface area contributed by atoms with Crippen LogP contribution in [0.1, 0.15) is 0 Å². The zero-order valence-corrected chi connectivity index (χ0v) is 49.9. The van der Waals surface area contributed by atoms with Gasteiger partial charge in [-0.3, -0.25) is 0 Å². The van der Waals surface area contributed by atoms with Crippen molar-refractivity contribution in [3.8, 4) is 33.6 Å². The highest BCUT2D eigenvalue weighted by molar-refractivity contribution is 6.76. The molecule has 0 spiro atoms. The molecule has 7 aromatic carbocycles. The molecule has 30 heteroatoms. The number of fused-ring (bicyclic) bond motifs is 7. The summed E-state index contributed by atoms with van der Waals surface area (Å²) in [7, 11) is 66.4. The average Bonchev–Trinajstić information content (AvgIpc) is 3.88. The van der Waals surface area contributed by atoms with Gasteiger partial charge in [-0.15, -0.1) is 43.7 Å². The topological polar surface area (TPSA) is 9.86 Å². The Hall–Kier alpha value is -4.04. The summed E-state index contributed by atoms with van der Waals surface area (Å²) in [5, 5.41) is 5.59. The van der Waals surface area contributed by atoms with Crippen LogP contribution < -0.4 is 153 Å². The molecule has 0 aliphatic rings. The van der Waals surface area contributed by atoms with Crippen molar-refractivity contribution in [2.45, 2.75) is 0 Å². The van der Waals surface area contributed by atoms with Gasteiger partial charge in [-0.1, -0.05) is 109 Å². The van der Waals surface area contributed by atoms with Gasteiger partial charge in [0.25, 0.3) is 0 Å². The van der Waals surface area contributed by atoms with E-state index < -0.39 is 0 Å². The highest BCUT2D eigenvalue weighted by atomic mass is 15.0. The van der Waals surface area contributed by atoms with Gasteiger partial charge in [0.1, 0.15) is 220 Å². The van der Waals surface area contributed by atoms with Gasteiger partial charge in [-0.05, 0) is 22.3 Å². The molecule has 0 fully saturated rings. The van der Waals surface area contributed by atoms with Gasteiger partial charge in [0.05, 0.1) is 0 Å². The molecular weight excluding hydrogens is 835 g/mol. The van der Waals surface area contributed by atoms with E-state index in [1.54, 1.807) is 0 Å². The number of hydrogen-bond donors (Lipinski definition) is 0. The van der Waals surface area contributed by atoms with Crippen LogP contribution >= 0.6 is 0 Å². The van der Waals surface area contributed by atoms with Crippen LogP contribution in [-0.2, 0) is 0 Å². The van der Waals surface area contributed by atoms with E-state index in [2.05, 4.69) is 229 Å². The van der Waals surface area contributed by atoms with Crippen LogP contribution in [0.4, 0.5) is 0 Å². The van der Waals surface area contributed by atoms with E-state index in [9.17, 15) is 0 Å². The first kappa shape index (κ1) is 52.8. The molecule has 2 nitrogen and oxygen atoms in total. The molecule has 0 atom stereocenters. The third-order valence-corrected chi connectivity index (χ3v) is 20.8. The first-order valence-electron chi connectivity index (χ1n) is 26.8. The lowest BCUT2D eigenvalue weighted by atomic mass is 9.56. The Kier molecular flexibility index (Phi) is 13.0. The zero-order valence-electron chi connectivity index (χ0n) is 49.9. The van der Waals surface area contributed by atoms with Crippen molar-refractivity contribution in [3.05, 3.63) is 0 Å². The van der Waals surface area contributed by atoms with Crippen LogP contribution in [0, 0.1) is 0 Å². The molecule has 0 amide bonds. The molecule has 2 heterocycles. The molecule has 0 bridgehead atoms. The van der Waals surface area contributed by atoms with Crippen LogP contribution in [0.2, 0.25) is 0 Å². The SMILES string of the molecule is Bc1c(B)c(B)c(-c2c(B)c(B)c(-n3c4c(B)c(B)c(B)c(B)c4c4c5c6c(B)c(B)c(B)c(B)c6n(-c6c(B)c(B)c(-c7c(B)c(B)c(B)c(B)c7B)c(B)c6B)c5c(B)c(B)c43)c(B)c2B)c(B)c1B. The van der Waals surface area contributed by atoms with Crippen molar-refractivity contribution < 1.29 is 0 Å². The first-order valence-corrected chi connectivity index (χ1v) is 26.8. The Bertz CT molecular complexity index is 3700. The van der Waals surface area contributed by atoms with Crippen molar-refractivity contribution in [2.75, 3.05) is 0 Å². The summed E-state index contributed by atoms with van der Waals surface area (Å²) in [6.45, 7) is 0. The summed E-state index contributed by atoms with van der Waals surface area (Å²) in [6.07, 6.45) is 0. The molecule has 318 valence electrons. The van der Waals surface area contributed by atoms with E-state index in [1.807, 2.05) is 0 Å². The third kappa shape index (κ3) is 6.69. The maximum absolute atomic E-state index is 2.77. The second-order valence-corrected chi connectivity index (χ2v) is 23.3. The highest BCUT2D eigenvalue weighted by Gasteiger charge is 2.32. The monoisotopic (exact) mass is 897 g/mol. The van der Waals surface area contributed by atoms with Crippen LogP contribution in [0.25, 0.3) is 77.2 Å². The van der Waals surface area contributed by atoms with E-state index >= 15 is 0 Å². The molecule has 9 aromatic rings. The van der Waals surface area contributed by atoms with Crippen LogP contribution in [-0.4, -0.2) is 229 Å². The first-order chi connectivity index (χ1) is 33.5. The molecule has 0 saturated heterocycles. The molecule has 0 radical (unpaired) electrons. The highest BCUT2D eigenvalue weighted by Crippen LogP contribution is 2.38. The second kappa shape index (κ2) is 17.8. The lowest BCUT2D eigenvalue weighted by Crippen LogP contribution is -2.57. The minimum absolute atomic E-state index is 1.33. The Labute approximate surface area is 455 Å². The minimum atomic E-state index is 1.33. The molecular formula is C42H56B28N2. The Morgan fingerprint density at radius 3 is 0.528 bits per heavy atom. The van der Waals surface area contributed by atoms with Crippen LogP contribution in [0.3, 0.4) is 0 Å². The summed E-state index contributed by atoms with van der Waals surface area (Å²) < 4.78 is 5.53. The number of aromatic nitrogens is 2. The fourth-order valence-electron chi connectivity index (χ4n) is 14.2. The number of hydrogen-bond acceptors (Lipinski definition) is 0. The average molecular weight is 892 g/mol. The van der Waals surface area contributed by atoms with Gasteiger partial charge in [-0.25, -0.2) is 0 Å². The maximum atomic E-state index is 2.77. The molecule has 0 unspecified atom stereocenters. The lowest BCUT2D eigenvalue weighted by Gasteiger charge is -2.29. The van der Waals surface area contributed by atoms with Crippen molar-refractivity contribution in [2.24, 2.45) is 0 Å². The fraction of sp³-hybridized carbons (Fsp3) is 0. The number of benzene rings is 7. The Morgan fingerprint density at radius 2 is 0.292 bits per heavy atom. The van der Waals surface area contributed by atoms with Gasteiger partial charge in [-0.2, -0.15) is 0 Å². The molecule has 72 heavy (non-hydrogen) atoms. The van der Waals surface area contributed by atoms with E-state index in [0.29, 0.717) is 0 Å². The normalized spacial score (nSPS) is 11.8. The molecule has 2 aromatic heterocycles. The van der Waals surface area contributed by atoms with Crippen molar-refractivity contribution in [1.29, 1.82) is 0 Å². The van der Waals surface area contributed by atoms with Gasteiger partial charge >= 0.3 is 0 Å². The predicted molar refractivity (Wildman–Crippen MR) is 415 cm³/mol. The molecule has 0 aliphatic carbocycles. The van der Waals surface area contributed by atoms with E-state index in [-0.39, 0.29) is 0 Å². The summed E-state index contributed by atoms with van der Waals surface area (Å²) in [4.78, 5) is 0. The summed E-state index contributed by atoms with van der Waals surface area (Å²) in [6, 6.07) is 0. The molecule has 0 saturated carbocycles. The number of rotatable bonds is 4. The minimum Gasteiger partial charge on any atom is -0.312 e. The molecule has 0 N–H and O–H groups in total. The lowest BCUT2D eigenvalue weighted by molar-refractivity contribution is 1.21. The van der Waals surface area contributed by atoms with E-state index in [0.717, 1.165) is 0 Å². The van der Waals surface area contributed by atoms with Gasteiger partial charge in [0.2, 0.25) is 0 Å². The molecule has 9 rings (SSSR count). The largest absolute Gasteiger partial charge is 0.312 e. The van der Waals surface area contributed by atoms with Crippen LogP contribution in [0.5, 0.6) is 0 Å².